The van der Waals surface area contributed by atoms with Crippen LogP contribution < -0.4 is 0 Å². The Hall–Kier alpha value is -2.89. The second-order valence-electron chi connectivity index (χ2n) is 6.05. The molecule has 122 valence electrons. The van der Waals surface area contributed by atoms with Gasteiger partial charge in [0, 0.05) is 36.5 Å². The van der Waals surface area contributed by atoms with Gasteiger partial charge in [-0.1, -0.05) is 12.1 Å². The van der Waals surface area contributed by atoms with Crippen LogP contribution >= 0.6 is 0 Å². The maximum atomic E-state index is 12.9. The molecule has 1 aromatic carbocycles. The molecular formula is C18H18N4O2. The van der Waals surface area contributed by atoms with E-state index in [9.17, 15) is 4.79 Å². The van der Waals surface area contributed by atoms with E-state index < -0.39 is 0 Å². The van der Waals surface area contributed by atoms with Crippen molar-refractivity contribution in [3.05, 3.63) is 60.4 Å². The van der Waals surface area contributed by atoms with Crippen molar-refractivity contribution in [3.63, 3.8) is 0 Å². The van der Waals surface area contributed by atoms with Crippen molar-refractivity contribution in [2.45, 2.75) is 18.9 Å². The van der Waals surface area contributed by atoms with Gasteiger partial charge in [-0.3, -0.25) is 9.48 Å². The molecule has 1 fully saturated rings. The lowest BCUT2D eigenvalue weighted by Crippen LogP contribution is -2.30. The van der Waals surface area contributed by atoms with Crippen LogP contribution in [0.3, 0.4) is 0 Å². The van der Waals surface area contributed by atoms with Gasteiger partial charge in [0.1, 0.15) is 0 Å². The molecule has 6 heteroatoms. The summed E-state index contributed by atoms with van der Waals surface area (Å²) in [5.41, 5.74) is 2.70. The number of amides is 1. The molecule has 0 spiro atoms. The molecule has 1 atom stereocenters. The molecule has 0 saturated carbocycles. The number of aryl methyl sites for hydroxylation is 1. The number of aromatic nitrogens is 3. The van der Waals surface area contributed by atoms with E-state index in [1.807, 2.05) is 48.6 Å². The van der Waals surface area contributed by atoms with Gasteiger partial charge in [0.15, 0.2) is 12.2 Å². The van der Waals surface area contributed by atoms with Gasteiger partial charge >= 0.3 is 0 Å². The number of oxazole rings is 1. The average Bonchev–Trinajstić information content (AvgIpc) is 3.35. The predicted molar refractivity (Wildman–Crippen MR) is 88.2 cm³/mol. The van der Waals surface area contributed by atoms with Crippen molar-refractivity contribution < 1.29 is 9.21 Å². The number of carbonyl (C=O) groups excluding carboxylic acids is 1. The fourth-order valence-corrected chi connectivity index (χ4v) is 3.27. The van der Waals surface area contributed by atoms with Crippen molar-refractivity contribution >= 4 is 5.91 Å². The molecule has 24 heavy (non-hydrogen) atoms. The maximum Gasteiger partial charge on any atom is 0.254 e. The van der Waals surface area contributed by atoms with Crippen molar-refractivity contribution in [1.82, 2.24) is 19.7 Å². The number of rotatable bonds is 3. The van der Waals surface area contributed by atoms with Crippen LogP contribution in [0, 0.1) is 0 Å². The molecule has 1 aliphatic rings. The van der Waals surface area contributed by atoms with Crippen LogP contribution in [0.15, 0.2) is 53.7 Å². The molecule has 0 bridgehead atoms. The summed E-state index contributed by atoms with van der Waals surface area (Å²) in [6, 6.07) is 7.59. The third-order valence-electron chi connectivity index (χ3n) is 4.47. The van der Waals surface area contributed by atoms with Crippen molar-refractivity contribution in [2.24, 2.45) is 7.05 Å². The van der Waals surface area contributed by atoms with Crippen LogP contribution in [0.4, 0.5) is 0 Å². The fourth-order valence-electron chi connectivity index (χ4n) is 3.27. The summed E-state index contributed by atoms with van der Waals surface area (Å²) in [5.74, 6) is 0.758. The minimum atomic E-state index is 0.0606. The molecule has 0 aliphatic carbocycles. The van der Waals surface area contributed by atoms with Crippen LogP contribution in [0.5, 0.6) is 0 Å². The van der Waals surface area contributed by atoms with Gasteiger partial charge in [-0.15, -0.1) is 0 Å². The number of hydrogen-bond acceptors (Lipinski definition) is 4. The largest absolute Gasteiger partial charge is 0.444 e. The van der Waals surface area contributed by atoms with E-state index in [0.717, 1.165) is 30.5 Å². The quantitative estimate of drug-likeness (QED) is 0.743. The van der Waals surface area contributed by atoms with Crippen molar-refractivity contribution in [2.75, 3.05) is 6.54 Å². The van der Waals surface area contributed by atoms with E-state index in [-0.39, 0.29) is 11.9 Å². The van der Waals surface area contributed by atoms with E-state index in [4.69, 9.17) is 4.42 Å². The lowest BCUT2D eigenvalue weighted by Gasteiger charge is -2.24. The summed E-state index contributed by atoms with van der Waals surface area (Å²) >= 11 is 0. The molecule has 0 unspecified atom stereocenters. The fraction of sp³-hybridized carbons (Fsp3) is 0.278. The normalized spacial score (nSPS) is 17.4. The van der Waals surface area contributed by atoms with E-state index >= 15 is 0 Å². The van der Waals surface area contributed by atoms with Crippen LogP contribution in [-0.2, 0) is 7.05 Å². The molecular weight excluding hydrogens is 304 g/mol. The predicted octanol–water partition coefficient (Wildman–Crippen LogP) is 3.05. The molecule has 0 N–H and O–H groups in total. The van der Waals surface area contributed by atoms with Crippen LogP contribution in [0.2, 0.25) is 0 Å². The number of likely N-dealkylation sites (tertiary alicyclic amines) is 1. The smallest absolute Gasteiger partial charge is 0.254 e. The lowest BCUT2D eigenvalue weighted by molar-refractivity contribution is 0.0735. The maximum absolute atomic E-state index is 12.9. The molecule has 1 aliphatic heterocycles. The van der Waals surface area contributed by atoms with Gasteiger partial charge in [-0.05, 0) is 25.0 Å². The Morgan fingerprint density at radius 1 is 1.25 bits per heavy atom. The number of hydrogen-bond donors (Lipinski definition) is 0. The van der Waals surface area contributed by atoms with E-state index in [2.05, 4.69) is 10.1 Å². The first-order valence-electron chi connectivity index (χ1n) is 8.01. The molecule has 0 radical (unpaired) electrons. The molecule has 1 saturated heterocycles. The topological polar surface area (TPSA) is 64.2 Å². The van der Waals surface area contributed by atoms with Crippen molar-refractivity contribution in [1.29, 1.82) is 0 Å². The van der Waals surface area contributed by atoms with Crippen LogP contribution in [-0.4, -0.2) is 32.1 Å². The van der Waals surface area contributed by atoms with Gasteiger partial charge in [0.05, 0.1) is 18.4 Å². The Balaban J connectivity index is 1.56. The Morgan fingerprint density at radius 3 is 2.75 bits per heavy atom. The second-order valence-corrected chi connectivity index (χ2v) is 6.05. The van der Waals surface area contributed by atoms with Gasteiger partial charge in [0.2, 0.25) is 0 Å². The molecule has 3 heterocycles. The van der Waals surface area contributed by atoms with E-state index in [1.54, 1.807) is 10.9 Å². The Bertz CT molecular complexity index is 836. The summed E-state index contributed by atoms with van der Waals surface area (Å²) in [7, 11) is 1.90. The van der Waals surface area contributed by atoms with E-state index in [1.165, 1.54) is 6.39 Å². The molecule has 2 aromatic heterocycles. The summed E-state index contributed by atoms with van der Waals surface area (Å²) in [4.78, 5) is 18.8. The molecule has 3 aromatic rings. The van der Waals surface area contributed by atoms with Gasteiger partial charge in [-0.2, -0.15) is 5.10 Å². The minimum absolute atomic E-state index is 0.0606. The van der Waals surface area contributed by atoms with Gasteiger partial charge < -0.3 is 9.32 Å². The first-order valence-corrected chi connectivity index (χ1v) is 8.01. The first-order chi connectivity index (χ1) is 11.7. The molecule has 4 rings (SSSR count). The Kier molecular flexibility index (Phi) is 3.65. The monoisotopic (exact) mass is 322 g/mol. The number of benzene rings is 1. The molecule has 6 nitrogen and oxygen atoms in total. The Labute approximate surface area is 139 Å². The highest BCUT2D eigenvalue weighted by Crippen LogP contribution is 2.33. The van der Waals surface area contributed by atoms with Gasteiger partial charge in [-0.25, -0.2) is 4.98 Å². The average molecular weight is 322 g/mol. The second kappa shape index (κ2) is 5.96. The van der Waals surface area contributed by atoms with Crippen molar-refractivity contribution in [3.8, 4) is 11.3 Å². The zero-order valence-electron chi connectivity index (χ0n) is 13.4. The minimum Gasteiger partial charge on any atom is -0.444 e. The Morgan fingerprint density at radius 2 is 2.08 bits per heavy atom. The molecule has 1 amide bonds. The van der Waals surface area contributed by atoms with Crippen LogP contribution in [0.1, 0.15) is 34.8 Å². The standard InChI is InChI=1S/C18H18N4O2/c1-21-11-15(9-20-21)16-3-2-8-22(16)18(23)14-6-4-13(5-7-14)17-10-19-12-24-17/h4-7,9-12,16H,2-3,8H2,1H3/t16-/m1/s1. The highest BCUT2D eigenvalue weighted by Gasteiger charge is 2.31. The zero-order valence-corrected chi connectivity index (χ0v) is 13.4. The third kappa shape index (κ3) is 2.60. The van der Waals surface area contributed by atoms with Crippen LogP contribution in [0.25, 0.3) is 11.3 Å². The highest BCUT2D eigenvalue weighted by molar-refractivity contribution is 5.95. The van der Waals surface area contributed by atoms with Gasteiger partial charge in [0.25, 0.3) is 5.91 Å². The SMILES string of the molecule is Cn1cc([C@H]2CCCN2C(=O)c2ccc(-c3cnco3)cc2)cn1. The van der Waals surface area contributed by atoms with E-state index in [0.29, 0.717) is 11.3 Å². The summed E-state index contributed by atoms with van der Waals surface area (Å²) in [6.45, 7) is 0.780. The lowest BCUT2D eigenvalue weighted by atomic mass is 10.1. The summed E-state index contributed by atoms with van der Waals surface area (Å²) in [5, 5.41) is 4.23. The summed E-state index contributed by atoms with van der Waals surface area (Å²) in [6.07, 6.45) is 8.90. The summed E-state index contributed by atoms with van der Waals surface area (Å²) < 4.78 is 7.06. The third-order valence-corrected chi connectivity index (χ3v) is 4.47. The highest BCUT2D eigenvalue weighted by atomic mass is 16.3. The first kappa shape index (κ1) is 14.7. The number of nitrogens with zero attached hydrogens (tertiary/aromatic N) is 4. The zero-order chi connectivity index (χ0) is 16.5. The number of carbonyl (C=O) groups is 1.